The second kappa shape index (κ2) is 17.8. The molecule has 3 fully saturated rings. The van der Waals surface area contributed by atoms with E-state index in [-0.39, 0.29) is 37.3 Å². The van der Waals surface area contributed by atoms with Gasteiger partial charge in [-0.05, 0) is 93.7 Å². The van der Waals surface area contributed by atoms with Crippen LogP contribution in [-0.2, 0) is 33.2 Å². The van der Waals surface area contributed by atoms with E-state index in [0.717, 1.165) is 0 Å². The first kappa shape index (κ1) is 45.4. The van der Waals surface area contributed by atoms with Crippen molar-refractivity contribution in [3.63, 3.8) is 0 Å². The fourth-order valence-electron chi connectivity index (χ4n) is 8.88. The van der Waals surface area contributed by atoms with E-state index in [1.807, 2.05) is 27.7 Å². The molecule has 3 aliphatic rings. The third-order valence-electron chi connectivity index (χ3n) is 12.5. The molecule has 14 nitrogen and oxygen atoms in total. The zero-order valence-corrected chi connectivity index (χ0v) is 33.9. The van der Waals surface area contributed by atoms with Crippen molar-refractivity contribution in [2.24, 2.45) is 17.8 Å². The van der Waals surface area contributed by atoms with Gasteiger partial charge in [0.1, 0.15) is 35.1 Å². The minimum Gasteiger partial charge on any atom is -0.459 e. The van der Waals surface area contributed by atoms with Crippen molar-refractivity contribution in [3.8, 4) is 0 Å². The number of cyclic esters (lactones) is 1. The average molecular weight is 749 g/mol. The number of rotatable bonds is 8. The maximum Gasteiger partial charge on any atom is 0.311 e. The van der Waals surface area contributed by atoms with Crippen molar-refractivity contribution in [3.05, 3.63) is 0 Å². The average Bonchev–Trinajstić information content (AvgIpc) is 3.08. The number of hydrogen-bond donors (Lipinski definition) is 7. The molecule has 18 atom stereocenters. The maximum absolute atomic E-state index is 14.2. The van der Waals surface area contributed by atoms with Gasteiger partial charge in [0, 0.05) is 31.5 Å². The molecule has 0 radical (unpaired) electrons. The fourth-order valence-corrected chi connectivity index (χ4v) is 8.88. The van der Waals surface area contributed by atoms with Gasteiger partial charge in [-0.3, -0.25) is 4.79 Å². The number of esters is 1. The molecule has 3 heterocycles. The highest BCUT2D eigenvalue weighted by Gasteiger charge is 2.57. The van der Waals surface area contributed by atoms with E-state index in [9.17, 15) is 30.3 Å². The lowest BCUT2D eigenvalue weighted by atomic mass is 9.74. The zero-order chi connectivity index (χ0) is 39.6. The minimum atomic E-state index is -1.80. The predicted molar refractivity (Wildman–Crippen MR) is 194 cm³/mol. The summed E-state index contributed by atoms with van der Waals surface area (Å²) in [5.41, 5.74) is -5.76. The third kappa shape index (κ3) is 9.50. The lowest BCUT2D eigenvalue weighted by Crippen LogP contribution is -2.66. The number of methoxy groups -OCH3 is 1. The first-order valence-corrected chi connectivity index (χ1v) is 19.3. The highest BCUT2D eigenvalue weighted by Crippen LogP contribution is 2.44. The van der Waals surface area contributed by atoms with Crippen molar-refractivity contribution in [1.82, 2.24) is 10.6 Å². The smallest absolute Gasteiger partial charge is 0.311 e. The van der Waals surface area contributed by atoms with Crippen molar-refractivity contribution in [1.29, 1.82) is 0 Å². The van der Waals surface area contributed by atoms with E-state index in [1.54, 1.807) is 48.6 Å². The van der Waals surface area contributed by atoms with Crippen LogP contribution in [0.2, 0.25) is 0 Å². The molecule has 52 heavy (non-hydrogen) atoms. The predicted octanol–water partition coefficient (Wildman–Crippen LogP) is 2.00. The van der Waals surface area contributed by atoms with E-state index < -0.39 is 95.5 Å². The Labute approximate surface area is 311 Å². The van der Waals surface area contributed by atoms with Crippen LogP contribution in [0.3, 0.4) is 0 Å². The highest BCUT2D eigenvalue weighted by atomic mass is 16.7. The zero-order valence-electron chi connectivity index (χ0n) is 33.9. The molecule has 0 spiro atoms. The van der Waals surface area contributed by atoms with Crippen LogP contribution in [0.4, 0.5) is 0 Å². The van der Waals surface area contributed by atoms with Crippen LogP contribution in [0.5, 0.6) is 0 Å². The molecule has 14 heteroatoms. The number of carbonyl (C=O) groups excluding carboxylic acids is 1. The standard InChI is InChI=1S/C38H72N2O12/c1-14-27-37(11,45)31(42)24(7)40-19-20(3)17-35(9,44)32(52-34-29(41)26(39-12)16-21(4)48-34)22(5)30(23(6)33(43)50-27)51-28-18-36(10,47-13)38(46,15-2)25(8)49-28/h20-32,34,39-42,44-46H,14-19H2,1-13H3/t20-,21-,22+,23-,24-,25+,26+,27-,28+,29-,30+,31-,32-,34+,35-,36-,37-,38+/m1/s1. The van der Waals surface area contributed by atoms with Gasteiger partial charge in [-0.1, -0.05) is 27.7 Å². The van der Waals surface area contributed by atoms with Crippen LogP contribution in [0.15, 0.2) is 0 Å². The lowest BCUT2D eigenvalue weighted by Gasteiger charge is -2.53. The van der Waals surface area contributed by atoms with Gasteiger partial charge >= 0.3 is 5.97 Å². The molecule has 0 aromatic carbocycles. The summed E-state index contributed by atoms with van der Waals surface area (Å²) in [6.07, 6.45) is -7.08. The summed E-state index contributed by atoms with van der Waals surface area (Å²) >= 11 is 0. The molecule has 0 aromatic heterocycles. The Morgan fingerprint density at radius 1 is 0.962 bits per heavy atom. The molecule has 7 N–H and O–H groups in total. The van der Waals surface area contributed by atoms with E-state index >= 15 is 0 Å². The summed E-state index contributed by atoms with van der Waals surface area (Å²) in [5, 5.41) is 64.7. The third-order valence-corrected chi connectivity index (χ3v) is 12.5. The Morgan fingerprint density at radius 3 is 2.15 bits per heavy atom. The van der Waals surface area contributed by atoms with Crippen molar-refractivity contribution in [2.45, 2.75) is 198 Å². The van der Waals surface area contributed by atoms with Gasteiger partial charge < -0.3 is 64.6 Å². The van der Waals surface area contributed by atoms with E-state index in [2.05, 4.69) is 10.6 Å². The molecule has 306 valence electrons. The van der Waals surface area contributed by atoms with Gasteiger partial charge in [0.25, 0.3) is 0 Å². The summed E-state index contributed by atoms with van der Waals surface area (Å²) in [5.74, 6) is -2.63. The first-order chi connectivity index (χ1) is 24.0. The van der Waals surface area contributed by atoms with Crippen molar-refractivity contribution in [2.75, 3.05) is 20.7 Å². The molecule has 0 saturated carbocycles. The van der Waals surface area contributed by atoms with Crippen LogP contribution in [0, 0.1) is 17.8 Å². The van der Waals surface area contributed by atoms with Gasteiger partial charge in [0.15, 0.2) is 12.6 Å². The Morgan fingerprint density at radius 2 is 1.60 bits per heavy atom. The molecule has 0 amide bonds. The number of nitrogens with one attached hydrogen (secondary N) is 2. The molecule has 0 aliphatic carbocycles. The maximum atomic E-state index is 14.2. The SMILES string of the molecule is CC[C@H]1OC(=O)[C@H](C)[C@@H](O[C@H]2C[C@@](C)(OC)[C@](O)(CC)[C@H](C)O2)[C@H](C)[C@@H](O[C@@H]2O[C@H](C)C[C@H](NC)[C@H]2O)[C@](C)(O)C[C@@H](C)CN[C@H](C)[C@@H](O)[C@]1(C)O. The van der Waals surface area contributed by atoms with Gasteiger partial charge in [-0.2, -0.15) is 0 Å². The van der Waals surface area contributed by atoms with Crippen LogP contribution in [0.25, 0.3) is 0 Å². The first-order valence-electron chi connectivity index (χ1n) is 19.3. The topological polar surface area (TPSA) is 198 Å². The summed E-state index contributed by atoms with van der Waals surface area (Å²) in [7, 11) is 3.29. The number of aliphatic hydroxyl groups excluding tert-OH is 2. The molecule has 0 aromatic rings. The Kier molecular flexibility index (Phi) is 15.6. The largest absolute Gasteiger partial charge is 0.459 e. The Bertz CT molecular complexity index is 1150. The van der Waals surface area contributed by atoms with E-state index in [4.69, 9.17) is 28.4 Å². The minimum absolute atomic E-state index is 0.121. The monoisotopic (exact) mass is 749 g/mol. The quantitative estimate of drug-likeness (QED) is 0.178. The molecule has 0 bridgehead atoms. The molecule has 0 unspecified atom stereocenters. The second-order valence-electron chi connectivity index (χ2n) is 16.7. The Balaban J connectivity index is 2.16. The van der Waals surface area contributed by atoms with Crippen LogP contribution < -0.4 is 10.6 Å². The van der Waals surface area contributed by atoms with E-state index in [1.165, 1.54) is 14.0 Å². The summed E-state index contributed by atoms with van der Waals surface area (Å²) in [6.45, 7) is 19.7. The van der Waals surface area contributed by atoms with Gasteiger partial charge in [-0.15, -0.1) is 0 Å². The fraction of sp³-hybridized carbons (Fsp3) is 0.974. The number of aliphatic hydroxyl groups is 5. The summed E-state index contributed by atoms with van der Waals surface area (Å²) in [4.78, 5) is 14.2. The lowest BCUT2D eigenvalue weighted by molar-refractivity contribution is -0.337. The molecular formula is C38H72N2O12. The van der Waals surface area contributed by atoms with Gasteiger partial charge in [0.05, 0.1) is 35.9 Å². The molecule has 3 rings (SSSR count). The van der Waals surface area contributed by atoms with Crippen LogP contribution in [-0.4, -0.2) is 142 Å². The van der Waals surface area contributed by atoms with Gasteiger partial charge in [-0.25, -0.2) is 0 Å². The van der Waals surface area contributed by atoms with Gasteiger partial charge in [0.2, 0.25) is 0 Å². The van der Waals surface area contributed by atoms with Crippen molar-refractivity contribution < 1.29 is 58.7 Å². The number of likely N-dealkylation sites (N-methyl/N-ethyl adjacent to an activating group) is 1. The van der Waals surface area contributed by atoms with E-state index in [0.29, 0.717) is 19.4 Å². The number of hydrogen-bond acceptors (Lipinski definition) is 14. The second-order valence-corrected chi connectivity index (χ2v) is 16.7. The van der Waals surface area contributed by atoms with Crippen molar-refractivity contribution >= 4 is 5.97 Å². The summed E-state index contributed by atoms with van der Waals surface area (Å²) < 4.78 is 37.8. The highest BCUT2D eigenvalue weighted by molar-refractivity contribution is 5.73. The molecule has 3 aliphatic heterocycles. The number of carbonyl (C=O) groups is 1. The van der Waals surface area contributed by atoms with Crippen LogP contribution in [0.1, 0.15) is 108 Å². The Hall–Kier alpha value is -1.01. The van der Waals surface area contributed by atoms with Crippen LogP contribution >= 0.6 is 0 Å². The molecular weight excluding hydrogens is 676 g/mol. The normalized spacial score (nSPS) is 50.5. The summed E-state index contributed by atoms with van der Waals surface area (Å²) in [6, 6.07) is -0.916. The molecule has 3 saturated heterocycles. The number of ether oxygens (including phenoxy) is 6.